The first-order valence-electron chi connectivity index (χ1n) is 8.84. The summed E-state index contributed by atoms with van der Waals surface area (Å²) in [5.41, 5.74) is 3.30. The van der Waals surface area contributed by atoms with E-state index in [0.29, 0.717) is 17.1 Å². The van der Waals surface area contributed by atoms with Crippen molar-refractivity contribution in [3.8, 4) is 0 Å². The van der Waals surface area contributed by atoms with Crippen LogP contribution in [0, 0.1) is 13.8 Å². The van der Waals surface area contributed by atoms with Crippen LogP contribution in [0.25, 0.3) is 0 Å². The van der Waals surface area contributed by atoms with E-state index in [9.17, 15) is 18.0 Å². The van der Waals surface area contributed by atoms with Gasteiger partial charge >= 0.3 is 0 Å². The van der Waals surface area contributed by atoms with Crippen LogP contribution in [0.4, 0.5) is 11.4 Å². The molecule has 148 valence electrons. The average Bonchev–Trinajstić information content (AvgIpc) is 2.64. The number of amides is 2. The minimum absolute atomic E-state index is 0.0977. The fraction of sp³-hybridized carbons (Fsp3) is 0.300. The second-order valence-corrected chi connectivity index (χ2v) is 10.3. The number of hydrogen-bond donors (Lipinski definition) is 2. The first kappa shape index (κ1) is 20.4. The van der Waals surface area contributed by atoms with Crippen molar-refractivity contribution in [3.63, 3.8) is 0 Å². The summed E-state index contributed by atoms with van der Waals surface area (Å²) in [6.07, 6.45) is -0.159. The Morgan fingerprint density at radius 2 is 1.93 bits per heavy atom. The normalized spacial score (nSPS) is 14.8. The number of thioether (sulfide) groups is 1. The molecule has 8 heteroatoms. The Morgan fingerprint density at radius 1 is 1.18 bits per heavy atom. The van der Waals surface area contributed by atoms with Gasteiger partial charge in [0.2, 0.25) is 11.8 Å². The molecular weight excluding hydrogens is 396 g/mol. The maximum atomic E-state index is 12.9. The van der Waals surface area contributed by atoms with E-state index < -0.39 is 15.1 Å². The molecule has 0 spiro atoms. The first-order chi connectivity index (χ1) is 13.2. The van der Waals surface area contributed by atoms with Gasteiger partial charge in [-0.1, -0.05) is 6.07 Å². The molecular formula is C20H22N2O4S2. The van der Waals surface area contributed by atoms with Gasteiger partial charge in [0, 0.05) is 17.0 Å². The standard InChI is InChI=1S/C20H22N2O4S2/c1-12-4-5-15(8-13(12)2)21-19(23)9-14(3)28(25,26)16-6-7-18-17(10-16)22-20(24)11-27-18/h4-8,10,14H,9,11H2,1-3H3,(H,21,23)(H,22,24)/t14-/m1/s1. The highest BCUT2D eigenvalue weighted by Crippen LogP contribution is 2.34. The Morgan fingerprint density at radius 3 is 2.64 bits per heavy atom. The number of anilines is 2. The Kier molecular flexibility index (Phi) is 5.81. The lowest BCUT2D eigenvalue weighted by Gasteiger charge is -2.18. The highest BCUT2D eigenvalue weighted by Gasteiger charge is 2.27. The van der Waals surface area contributed by atoms with Crippen molar-refractivity contribution in [2.75, 3.05) is 16.4 Å². The van der Waals surface area contributed by atoms with Gasteiger partial charge in [-0.2, -0.15) is 0 Å². The van der Waals surface area contributed by atoms with Gasteiger partial charge in [0.25, 0.3) is 0 Å². The summed E-state index contributed by atoms with van der Waals surface area (Å²) in [5.74, 6) is -0.206. The summed E-state index contributed by atoms with van der Waals surface area (Å²) in [7, 11) is -3.71. The Bertz CT molecular complexity index is 1050. The van der Waals surface area contributed by atoms with Gasteiger partial charge in [-0.15, -0.1) is 11.8 Å². The van der Waals surface area contributed by atoms with Crippen LogP contribution in [-0.2, 0) is 19.4 Å². The van der Waals surface area contributed by atoms with Crippen molar-refractivity contribution in [3.05, 3.63) is 47.5 Å². The number of carbonyl (C=O) groups excluding carboxylic acids is 2. The topological polar surface area (TPSA) is 92.3 Å². The minimum Gasteiger partial charge on any atom is -0.326 e. The van der Waals surface area contributed by atoms with Crippen molar-refractivity contribution >= 4 is 44.8 Å². The molecule has 2 amide bonds. The molecule has 1 aliphatic heterocycles. The molecule has 28 heavy (non-hydrogen) atoms. The minimum atomic E-state index is -3.71. The maximum Gasteiger partial charge on any atom is 0.234 e. The number of rotatable bonds is 5. The number of aryl methyl sites for hydroxylation is 2. The lowest BCUT2D eigenvalue weighted by atomic mass is 10.1. The number of benzene rings is 2. The van der Waals surface area contributed by atoms with E-state index in [1.54, 1.807) is 12.1 Å². The molecule has 2 aromatic rings. The van der Waals surface area contributed by atoms with Gasteiger partial charge in [-0.3, -0.25) is 9.59 Å². The van der Waals surface area contributed by atoms with E-state index in [1.165, 1.54) is 30.8 Å². The zero-order valence-corrected chi connectivity index (χ0v) is 17.5. The van der Waals surface area contributed by atoms with Crippen molar-refractivity contribution in [1.29, 1.82) is 0 Å². The van der Waals surface area contributed by atoms with Gasteiger partial charge in [0.05, 0.1) is 21.6 Å². The molecule has 0 bridgehead atoms. The molecule has 6 nitrogen and oxygen atoms in total. The smallest absolute Gasteiger partial charge is 0.234 e. The highest BCUT2D eigenvalue weighted by molar-refractivity contribution is 8.00. The molecule has 1 atom stereocenters. The predicted octanol–water partition coefficient (Wildman–Crippen LogP) is 3.54. The van der Waals surface area contributed by atoms with Crippen molar-refractivity contribution in [1.82, 2.24) is 0 Å². The Labute approximate surface area is 169 Å². The van der Waals surface area contributed by atoms with Gasteiger partial charge < -0.3 is 10.6 Å². The second kappa shape index (κ2) is 7.97. The van der Waals surface area contributed by atoms with E-state index in [0.717, 1.165) is 16.0 Å². The van der Waals surface area contributed by atoms with Gasteiger partial charge in [0.1, 0.15) is 0 Å². The van der Waals surface area contributed by atoms with Crippen LogP contribution in [0.2, 0.25) is 0 Å². The summed E-state index contributed by atoms with van der Waals surface area (Å²) in [5, 5.41) is 4.55. The molecule has 0 radical (unpaired) electrons. The fourth-order valence-electron chi connectivity index (χ4n) is 2.87. The average molecular weight is 419 g/mol. The van der Waals surface area contributed by atoms with E-state index in [4.69, 9.17) is 0 Å². The summed E-state index contributed by atoms with van der Waals surface area (Å²) in [6, 6.07) is 10.2. The lowest BCUT2D eigenvalue weighted by molar-refractivity contribution is -0.116. The maximum absolute atomic E-state index is 12.9. The molecule has 0 aromatic heterocycles. The number of nitrogens with one attached hydrogen (secondary N) is 2. The van der Waals surface area contributed by atoms with E-state index >= 15 is 0 Å². The van der Waals surface area contributed by atoms with Crippen LogP contribution < -0.4 is 10.6 Å². The van der Waals surface area contributed by atoms with Crippen LogP contribution in [0.5, 0.6) is 0 Å². The lowest BCUT2D eigenvalue weighted by Crippen LogP contribution is -2.25. The number of carbonyl (C=O) groups is 2. The van der Waals surface area contributed by atoms with Crippen LogP contribution in [0.1, 0.15) is 24.5 Å². The molecule has 2 N–H and O–H groups in total. The monoisotopic (exact) mass is 418 g/mol. The Hall–Kier alpha value is -2.32. The van der Waals surface area contributed by atoms with Gasteiger partial charge in [0.15, 0.2) is 9.84 Å². The molecule has 3 rings (SSSR count). The van der Waals surface area contributed by atoms with Crippen LogP contribution in [-0.4, -0.2) is 31.2 Å². The molecule has 1 aliphatic rings. The third kappa shape index (κ3) is 4.39. The van der Waals surface area contributed by atoms with Crippen molar-refractivity contribution < 1.29 is 18.0 Å². The molecule has 0 aliphatic carbocycles. The summed E-state index contributed by atoms with van der Waals surface area (Å²) in [6.45, 7) is 5.45. The van der Waals surface area contributed by atoms with Gasteiger partial charge in [-0.25, -0.2) is 8.42 Å². The quantitative estimate of drug-likeness (QED) is 0.775. The molecule has 0 saturated carbocycles. The molecule has 2 aromatic carbocycles. The van der Waals surface area contributed by atoms with Crippen molar-refractivity contribution in [2.24, 2.45) is 0 Å². The molecule has 0 saturated heterocycles. The van der Waals surface area contributed by atoms with Crippen LogP contribution in [0.15, 0.2) is 46.2 Å². The molecule has 0 unspecified atom stereocenters. The zero-order chi connectivity index (χ0) is 20.5. The van der Waals surface area contributed by atoms with E-state index in [1.807, 2.05) is 26.0 Å². The zero-order valence-electron chi connectivity index (χ0n) is 15.9. The molecule has 0 fully saturated rings. The van der Waals surface area contributed by atoms with E-state index in [-0.39, 0.29) is 23.1 Å². The number of sulfone groups is 1. The SMILES string of the molecule is Cc1ccc(NC(=O)C[C@@H](C)S(=O)(=O)c2ccc3c(c2)NC(=O)CS3)cc1C. The third-order valence-electron chi connectivity index (χ3n) is 4.71. The summed E-state index contributed by atoms with van der Waals surface area (Å²) in [4.78, 5) is 24.8. The fourth-order valence-corrected chi connectivity index (χ4v) is 5.04. The Balaban J connectivity index is 1.73. The highest BCUT2D eigenvalue weighted by atomic mass is 32.2. The number of hydrogen-bond acceptors (Lipinski definition) is 5. The largest absolute Gasteiger partial charge is 0.326 e. The summed E-state index contributed by atoms with van der Waals surface area (Å²) >= 11 is 1.37. The van der Waals surface area contributed by atoms with Crippen LogP contribution >= 0.6 is 11.8 Å². The molecule has 1 heterocycles. The van der Waals surface area contributed by atoms with Gasteiger partial charge in [-0.05, 0) is 62.2 Å². The second-order valence-electron chi connectivity index (χ2n) is 6.90. The van der Waals surface area contributed by atoms with Crippen molar-refractivity contribution in [2.45, 2.75) is 42.2 Å². The first-order valence-corrected chi connectivity index (χ1v) is 11.4. The van der Waals surface area contributed by atoms with E-state index in [2.05, 4.69) is 10.6 Å². The number of fused-ring (bicyclic) bond motifs is 1. The predicted molar refractivity (Wildman–Crippen MR) is 112 cm³/mol. The van der Waals surface area contributed by atoms with Crippen LogP contribution in [0.3, 0.4) is 0 Å². The summed E-state index contributed by atoms with van der Waals surface area (Å²) < 4.78 is 25.8. The third-order valence-corrected chi connectivity index (χ3v) is 7.92.